The molecular weight excluding hydrogens is 449 g/mol. The molecule has 25 heavy (non-hydrogen) atoms. The van der Waals surface area contributed by atoms with Gasteiger partial charge in [0.15, 0.2) is 15.8 Å². The van der Waals surface area contributed by atoms with Crippen LogP contribution in [0.15, 0.2) is 53.5 Å². The normalized spacial score (nSPS) is 11.7. The molecular formula is C18H24IN3O2S. The first-order valence-corrected chi connectivity index (χ1v) is 9.84. The molecule has 0 aliphatic heterocycles. The quantitative estimate of drug-likeness (QED) is 0.383. The molecule has 7 heteroatoms. The van der Waals surface area contributed by atoms with Gasteiger partial charge < -0.3 is 11.1 Å². The maximum Gasteiger partial charge on any atom is 0.193 e. The van der Waals surface area contributed by atoms with Crippen LogP contribution >= 0.6 is 24.0 Å². The van der Waals surface area contributed by atoms with E-state index in [1.54, 1.807) is 6.07 Å². The van der Waals surface area contributed by atoms with Gasteiger partial charge in [-0.1, -0.05) is 43.3 Å². The smallest absolute Gasteiger partial charge is 0.193 e. The summed E-state index contributed by atoms with van der Waals surface area (Å²) in [4.78, 5) is 4.32. The van der Waals surface area contributed by atoms with Gasteiger partial charge in [0, 0.05) is 11.9 Å². The summed E-state index contributed by atoms with van der Waals surface area (Å²) < 4.78 is 23.0. The number of halogens is 1. The third-order valence-electron chi connectivity index (χ3n) is 3.56. The van der Waals surface area contributed by atoms with E-state index < -0.39 is 9.84 Å². The van der Waals surface area contributed by atoms with Gasteiger partial charge in [0.25, 0.3) is 0 Å². The van der Waals surface area contributed by atoms with E-state index in [-0.39, 0.29) is 29.7 Å². The summed E-state index contributed by atoms with van der Waals surface area (Å²) in [6.07, 6.45) is 2.18. The molecule has 5 nitrogen and oxygen atoms in total. The summed E-state index contributed by atoms with van der Waals surface area (Å²) in [6.45, 7) is 2.42. The van der Waals surface area contributed by atoms with Crippen molar-refractivity contribution >= 4 is 45.5 Å². The van der Waals surface area contributed by atoms with Gasteiger partial charge in [0.1, 0.15) is 0 Å². The highest BCUT2D eigenvalue weighted by atomic mass is 127. The molecule has 2 rings (SSSR count). The standard InChI is InChI=1S/C18H23N3O2S.HI/c1-3-14-7-6-10-17(11-14)21-18(19)20-12-15-8-4-5-9-16(15)13-24(2,22)23;/h4-11H,3,12-13H2,1-2H3,(H3,19,20,21);1H. The van der Waals surface area contributed by atoms with Gasteiger partial charge in [0.2, 0.25) is 0 Å². The number of guanidine groups is 1. The number of aryl methyl sites for hydroxylation is 1. The fourth-order valence-corrected chi connectivity index (χ4v) is 3.21. The van der Waals surface area contributed by atoms with Gasteiger partial charge in [-0.25, -0.2) is 13.4 Å². The minimum Gasteiger partial charge on any atom is -0.370 e. The molecule has 0 spiro atoms. The third-order valence-corrected chi connectivity index (χ3v) is 4.40. The van der Waals surface area contributed by atoms with Gasteiger partial charge in [-0.05, 0) is 35.2 Å². The number of sulfone groups is 1. The Bertz CT molecular complexity index is 836. The van der Waals surface area contributed by atoms with Crippen LogP contribution in [0.4, 0.5) is 5.69 Å². The molecule has 0 unspecified atom stereocenters. The van der Waals surface area contributed by atoms with Crippen molar-refractivity contribution in [3.8, 4) is 0 Å². The molecule has 0 amide bonds. The van der Waals surface area contributed by atoms with E-state index in [4.69, 9.17) is 5.73 Å². The predicted molar refractivity (Wildman–Crippen MR) is 115 cm³/mol. The average Bonchev–Trinajstić information content (AvgIpc) is 2.53. The lowest BCUT2D eigenvalue weighted by atomic mass is 10.1. The Morgan fingerprint density at radius 2 is 1.80 bits per heavy atom. The second-order valence-electron chi connectivity index (χ2n) is 5.72. The van der Waals surface area contributed by atoms with Crippen molar-refractivity contribution in [2.75, 3.05) is 11.6 Å². The van der Waals surface area contributed by atoms with Crippen LogP contribution in [-0.4, -0.2) is 20.6 Å². The zero-order valence-electron chi connectivity index (χ0n) is 14.4. The van der Waals surface area contributed by atoms with Crippen LogP contribution in [0, 0.1) is 0 Å². The Labute approximate surface area is 166 Å². The SMILES string of the molecule is CCc1cccc(NC(N)=NCc2ccccc2CS(C)(=O)=O)c1.I. The Kier molecular flexibility index (Phi) is 8.37. The van der Waals surface area contributed by atoms with Crippen molar-refractivity contribution in [3.63, 3.8) is 0 Å². The number of nitrogens with two attached hydrogens (primary N) is 1. The van der Waals surface area contributed by atoms with Crippen molar-refractivity contribution in [1.29, 1.82) is 0 Å². The minimum atomic E-state index is -3.09. The number of hydrogen-bond donors (Lipinski definition) is 2. The lowest BCUT2D eigenvalue weighted by Crippen LogP contribution is -2.22. The monoisotopic (exact) mass is 473 g/mol. The number of rotatable bonds is 6. The molecule has 2 aromatic rings. The van der Waals surface area contributed by atoms with E-state index in [0.29, 0.717) is 12.5 Å². The molecule has 0 saturated heterocycles. The largest absolute Gasteiger partial charge is 0.370 e. The molecule has 0 heterocycles. The van der Waals surface area contributed by atoms with Gasteiger partial charge in [-0.15, -0.1) is 24.0 Å². The maximum atomic E-state index is 11.5. The fraction of sp³-hybridized carbons (Fsp3) is 0.278. The Morgan fingerprint density at radius 3 is 2.44 bits per heavy atom. The molecule has 0 aromatic heterocycles. The highest BCUT2D eigenvalue weighted by molar-refractivity contribution is 14.0. The fourth-order valence-electron chi connectivity index (χ4n) is 2.36. The second-order valence-corrected chi connectivity index (χ2v) is 7.86. The van der Waals surface area contributed by atoms with Crippen LogP contribution in [0.1, 0.15) is 23.6 Å². The van der Waals surface area contributed by atoms with Crippen molar-refractivity contribution in [3.05, 3.63) is 65.2 Å². The van der Waals surface area contributed by atoms with Crippen LogP contribution in [0.25, 0.3) is 0 Å². The van der Waals surface area contributed by atoms with Crippen molar-refractivity contribution in [1.82, 2.24) is 0 Å². The van der Waals surface area contributed by atoms with Gasteiger partial charge in [-0.2, -0.15) is 0 Å². The van der Waals surface area contributed by atoms with Crippen LogP contribution in [0.3, 0.4) is 0 Å². The van der Waals surface area contributed by atoms with Gasteiger partial charge >= 0.3 is 0 Å². The highest BCUT2D eigenvalue weighted by Gasteiger charge is 2.08. The van der Waals surface area contributed by atoms with E-state index in [0.717, 1.165) is 23.2 Å². The van der Waals surface area contributed by atoms with Crippen LogP contribution < -0.4 is 11.1 Å². The Hall–Kier alpha value is -1.61. The minimum absolute atomic E-state index is 0. The van der Waals surface area contributed by atoms with E-state index >= 15 is 0 Å². The number of benzene rings is 2. The molecule has 0 bridgehead atoms. The molecule has 0 radical (unpaired) electrons. The van der Waals surface area contributed by atoms with Crippen molar-refractivity contribution < 1.29 is 8.42 Å². The number of nitrogens with zero attached hydrogens (tertiary/aromatic N) is 1. The highest BCUT2D eigenvalue weighted by Crippen LogP contribution is 2.14. The summed E-state index contributed by atoms with van der Waals surface area (Å²) in [5, 5.41) is 3.06. The predicted octanol–water partition coefficient (Wildman–Crippen LogP) is 3.34. The number of nitrogens with one attached hydrogen (secondary N) is 1. The van der Waals surface area contributed by atoms with Crippen LogP contribution in [0.2, 0.25) is 0 Å². The Balaban J connectivity index is 0.00000312. The van der Waals surface area contributed by atoms with Crippen LogP contribution in [-0.2, 0) is 28.6 Å². The summed E-state index contributed by atoms with van der Waals surface area (Å²) in [5.74, 6) is 0.308. The zero-order valence-corrected chi connectivity index (χ0v) is 17.5. The lowest BCUT2D eigenvalue weighted by molar-refractivity contribution is 0.601. The first-order chi connectivity index (χ1) is 11.4. The van der Waals surface area contributed by atoms with E-state index in [1.165, 1.54) is 11.8 Å². The summed E-state index contributed by atoms with van der Waals surface area (Å²) in [7, 11) is -3.09. The molecule has 2 aromatic carbocycles. The van der Waals surface area contributed by atoms with Gasteiger partial charge in [0.05, 0.1) is 12.3 Å². The molecule has 0 saturated carbocycles. The number of aliphatic imine (C=N–C) groups is 1. The molecule has 0 fully saturated rings. The molecule has 0 atom stereocenters. The van der Waals surface area contributed by atoms with Gasteiger partial charge in [-0.3, -0.25) is 0 Å². The second kappa shape index (κ2) is 9.76. The third kappa shape index (κ3) is 7.43. The Morgan fingerprint density at radius 1 is 1.12 bits per heavy atom. The summed E-state index contributed by atoms with van der Waals surface area (Å²) >= 11 is 0. The molecule has 0 aliphatic rings. The average molecular weight is 473 g/mol. The first kappa shape index (κ1) is 21.4. The summed E-state index contributed by atoms with van der Waals surface area (Å²) in [6, 6.07) is 15.3. The van der Waals surface area contributed by atoms with Crippen molar-refractivity contribution in [2.45, 2.75) is 25.6 Å². The first-order valence-electron chi connectivity index (χ1n) is 7.78. The molecule has 136 valence electrons. The zero-order chi connectivity index (χ0) is 17.6. The van der Waals surface area contributed by atoms with E-state index in [2.05, 4.69) is 23.3 Å². The van der Waals surface area contributed by atoms with Crippen molar-refractivity contribution in [2.24, 2.45) is 10.7 Å². The number of anilines is 1. The van der Waals surface area contributed by atoms with E-state index in [9.17, 15) is 8.42 Å². The van der Waals surface area contributed by atoms with E-state index in [1.807, 2.05) is 36.4 Å². The topological polar surface area (TPSA) is 84.5 Å². The maximum absolute atomic E-state index is 11.5. The number of hydrogen-bond acceptors (Lipinski definition) is 3. The lowest BCUT2D eigenvalue weighted by Gasteiger charge is -2.09. The van der Waals surface area contributed by atoms with Crippen LogP contribution in [0.5, 0.6) is 0 Å². The molecule has 3 N–H and O–H groups in total. The molecule has 0 aliphatic carbocycles. The summed E-state index contributed by atoms with van der Waals surface area (Å²) in [5.41, 5.74) is 9.66.